The molecule has 2 unspecified atom stereocenters. The van der Waals surface area contributed by atoms with Crippen LogP contribution >= 0.6 is 0 Å². The molecule has 1 aliphatic rings. The zero-order valence-corrected chi connectivity index (χ0v) is 10.6. The average molecular weight is 249 g/mol. The number of hydrogen-bond donors (Lipinski definition) is 1. The van der Waals surface area contributed by atoms with E-state index in [1.165, 1.54) is 12.5 Å². The summed E-state index contributed by atoms with van der Waals surface area (Å²) in [6, 6.07) is 7.20. The smallest absolute Gasteiger partial charge is 0.271 e. The largest absolute Gasteiger partial charge is 0.371 e. The van der Waals surface area contributed by atoms with Crippen molar-refractivity contribution in [1.29, 1.82) is 0 Å². The maximum atomic E-state index is 10.8. The normalized spacial score (nSPS) is 23.0. The van der Waals surface area contributed by atoms with Crippen molar-refractivity contribution in [2.75, 3.05) is 18.5 Å². The van der Waals surface area contributed by atoms with Gasteiger partial charge in [0.25, 0.3) is 5.69 Å². The van der Waals surface area contributed by atoms with Gasteiger partial charge in [0.15, 0.2) is 0 Å². The monoisotopic (exact) mass is 249 g/mol. The number of nitrogens with two attached hydrogens (primary N) is 1. The summed E-state index contributed by atoms with van der Waals surface area (Å²) in [6.45, 7) is 0.684. The molecule has 0 spiro atoms. The molecule has 2 atom stereocenters. The molecule has 18 heavy (non-hydrogen) atoms. The fourth-order valence-electron chi connectivity index (χ4n) is 2.82. The summed E-state index contributed by atoms with van der Waals surface area (Å²) in [5.41, 5.74) is 6.82. The van der Waals surface area contributed by atoms with Crippen LogP contribution in [0.3, 0.4) is 0 Å². The van der Waals surface area contributed by atoms with E-state index in [0.717, 1.165) is 18.5 Å². The predicted molar refractivity (Wildman–Crippen MR) is 71.7 cm³/mol. The lowest BCUT2D eigenvalue weighted by atomic mass is 10.0. The summed E-state index contributed by atoms with van der Waals surface area (Å²) < 4.78 is 0. The van der Waals surface area contributed by atoms with Gasteiger partial charge in [0.1, 0.15) is 0 Å². The number of hydrogen-bond acceptors (Lipinski definition) is 4. The summed E-state index contributed by atoms with van der Waals surface area (Å²) in [4.78, 5) is 12.6. The van der Waals surface area contributed by atoms with E-state index in [4.69, 9.17) is 5.73 Å². The highest BCUT2D eigenvalue weighted by molar-refractivity contribution is 5.53. The molecular formula is C13H19N3O2. The van der Waals surface area contributed by atoms with Crippen LogP contribution in [0, 0.1) is 16.0 Å². The Morgan fingerprint density at radius 1 is 1.50 bits per heavy atom. The molecule has 2 rings (SSSR count). The maximum absolute atomic E-state index is 10.8. The molecule has 1 aliphatic carbocycles. The summed E-state index contributed by atoms with van der Waals surface area (Å²) in [6.07, 6.45) is 3.45. The number of nitro groups is 1. The van der Waals surface area contributed by atoms with Crippen molar-refractivity contribution in [1.82, 2.24) is 0 Å². The third-order valence-corrected chi connectivity index (χ3v) is 3.87. The third-order valence-electron chi connectivity index (χ3n) is 3.87. The van der Waals surface area contributed by atoms with Gasteiger partial charge in [-0.05, 0) is 31.4 Å². The van der Waals surface area contributed by atoms with Crippen LogP contribution in [-0.4, -0.2) is 24.6 Å². The molecule has 1 aromatic carbocycles. The number of anilines is 1. The molecule has 0 saturated heterocycles. The second-order valence-corrected chi connectivity index (χ2v) is 4.88. The maximum Gasteiger partial charge on any atom is 0.271 e. The van der Waals surface area contributed by atoms with Crippen LogP contribution < -0.4 is 10.6 Å². The molecule has 1 fully saturated rings. The third kappa shape index (κ3) is 2.46. The first-order valence-corrected chi connectivity index (χ1v) is 6.31. The minimum Gasteiger partial charge on any atom is -0.371 e. The quantitative estimate of drug-likeness (QED) is 0.655. The number of benzene rings is 1. The number of rotatable bonds is 4. The van der Waals surface area contributed by atoms with E-state index < -0.39 is 0 Å². The van der Waals surface area contributed by atoms with Crippen LogP contribution in [0.2, 0.25) is 0 Å². The zero-order chi connectivity index (χ0) is 13.1. The van der Waals surface area contributed by atoms with Gasteiger partial charge in [-0.3, -0.25) is 10.1 Å². The Balaban J connectivity index is 2.20. The van der Waals surface area contributed by atoms with E-state index >= 15 is 0 Å². The second-order valence-electron chi connectivity index (χ2n) is 4.88. The summed E-state index contributed by atoms with van der Waals surface area (Å²) >= 11 is 0. The molecule has 1 saturated carbocycles. The molecule has 0 aromatic heterocycles. The Labute approximate surface area is 107 Å². The molecule has 1 aromatic rings. The van der Waals surface area contributed by atoms with Gasteiger partial charge in [-0.25, -0.2) is 0 Å². The summed E-state index contributed by atoms with van der Waals surface area (Å²) in [5.74, 6) is 0.495. The van der Waals surface area contributed by atoms with Crippen LogP contribution in [0.5, 0.6) is 0 Å². The lowest BCUT2D eigenvalue weighted by Gasteiger charge is -2.31. The second kappa shape index (κ2) is 5.35. The van der Waals surface area contributed by atoms with Crippen LogP contribution in [-0.2, 0) is 0 Å². The fraction of sp³-hybridized carbons (Fsp3) is 0.538. The van der Waals surface area contributed by atoms with Gasteiger partial charge < -0.3 is 10.6 Å². The van der Waals surface area contributed by atoms with Gasteiger partial charge >= 0.3 is 0 Å². The van der Waals surface area contributed by atoms with Crippen molar-refractivity contribution in [3.8, 4) is 0 Å². The molecule has 0 amide bonds. The van der Waals surface area contributed by atoms with Gasteiger partial charge in [0.05, 0.1) is 4.92 Å². The topological polar surface area (TPSA) is 72.4 Å². The summed E-state index contributed by atoms with van der Waals surface area (Å²) in [7, 11) is 2.00. The van der Waals surface area contributed by atoms with Gasteiger partial charge in [0, 0.05) is 30.9 Å². The number of non-ortho nitro benzene ring substituents is 1. The van der Waals surface area contributed by atoms with E-state index in [0.29, 0.717) is 18.5 Å². The lowest BCUT2D eigenvalue weighted by Crippen LogP contribution is -2.37. The first-order chi connectivity index (χ1) is 8.63. The van der Waals surface area contributed by atoms with Crippen LogP contribution in [0.4, 0.5) is 11.4 Å². The van der Waals surface area contributed by atoms with E-state index in [9.17, 15) is 10.1 Å². The number of nitrogens with zero attached hydrogens (tertiary/aromatic N) is 2. The Morgan fingerprint density at radius 2 is 2.28 bits per heavy atom. The van der Waals surface area contributed by atoms with Gasteiger partial charge in [-0.2, -0.15) is 0 Å². The number of nitro benzene ring substituents is 1. The highest BCUT2D eigenvalue weighted by Gasteiger charge is 2.29. The SMILES string of the molecule is CN(c1cccc([N+](=O)[O-])c1)C1CCCC1CN. The van der Waals surface area contributed by atoms with Crippen LogP contribution in [0.15, 0.2) is 24.3 Å². The standard InChI is InChI=1S/C13H19N3O2/c1-15(13-7-2-4-10(13)9-14)11-5-3-6-12(8-11)16(17)18/h3,5-6,8,10,13H,2,4,7,9,14H2,1H3. The van der Waals surface area contributed by atoms with Crippen molar-refractivity contribution >= 4 is 11.4 Å². The average Bonchev–Trinajstić information content (AvgIpc) is 2.86. The molecule has 0 bridgehead atoms. The molecule has 5 heteroatoms. The van der Waals surface area contributed by atoms with Gasteiger partial charge in [-0.15, -0.1) is 0 Å². The van der Waals surface area contributed by atoms with E-state index in [-0.39, 0.29) is 10.6 Å². The minimum atomic E-state index is -0.355. The Kier molecular flexibility index (Phi) is 3.81. The Morgan fingerprint density at radius 3 is 2.94 bits per heavy atom. The van der Waals surface area contributed by atoms with Crippen molar-refractivity contribution in [3.05, 3.63) is 34.4 Å². The molecule has 2 N–H and O–H groups in total. The highest BCUT2D eigenvalue weighted by atomic mass is 16.6. The van der Waals surface area contributed by atoms with E-state index in [2.05, 4.69) is 4.90 Å². The van der Waals surface area contributed by atoms with Crippen molar-refractivity contribution < 1.29 is 4.92 Å². The van der Waals surface area contributed by atoms with E-state index in [1.54, 1.807) is 12.1 Å². The van der Waals surface area contributed by atoms with Crippen LogP contribution in [0.25, 0.3) is 0 Å². The summed E-state index contributed by atoms with van der Waals surface area (Å²) in [5, 5.41) is 10.8. The fourth-order valence-corrected chi connectivity index (χ4v) is 2.82. The Hall–Kier alpha value is -1.62. The lowest BCUT2D eigenvalue weighted by molar-refractivity contribution is -0.384. The van der Waals surface area contributed by atoms with Gasteiger partial charge in [-0.1, -0.05) is 12.5 Å². The molecular weight excluding hydrogens is 230 g/mol. The molecule has 0 aliphatic heterocycles. The van der Waals surface area contributed by atoms with Crippen molar-refractivity contribution in [3.63, 3.8) is 0 Å². The van der Waals surface area contributed by atoms with Crippen molar-refractivity contribution in [2.45, 2.75) is 25.3 Å². The molecule has 98 valence electrons. The van der Waals surface area contributed by atoms with Crippen molar-refractivity contribution in [2.24, 2.45) is 11.7 Å². The molecule has 0 radical (unpaired) electrons. The first kappa shape index (κ1) is 12.8. The first-order valence-electron chi connectivity index (χ1n) is 6.31. The minimum absolute atomic E-state index is 0.140. The molecule has 5 nitrogen and oxygen atoms in total. The highest BCUT2D eigenvalue weighted by Crippen LogP contribution is 2.32. The van der Waals surface area contributed by atoms with E-state index in [1.807, 2.05) is 13.1 Å². The van der Waals surface area contributed by atoms with Gasteiger partial charge in [0.2, 0.25) is 0 Å². The predicted octanol–water partition coefficient (Wildman–Crippen LogP) is 2.16. The zero-order valence-electron chi connectivity index (χ0n) is 10.6. The molecule has 0 heterocycles. The Bertz CT molecular complexity index is 436. The van der Waals surface area contributed by atoms with Crippen LogP contribution in [0.1, 0.15) is 19.3 Å².